The maximum Gasteiger partial charge on any atom is 0.213 e. The number of nitrogens with zero attached hydrogens (tertiary/aromatic N) is 3. The van der Waals surface area contributed by atoms with Crippen molar-refractivity contribution in [1.29, 1.82) is 0 Å². The Morgan fingerprint density at radius 3 is 2.71 bits per heavy atom. The van der Waals surface area contributed by atoms with Crippen LogP contribution in [-0.4, -0.2) is 22.1 Å². The topological polar surface area (TPSA) is 47.9 Å². The second kappa shape index (κ2) is 4.86. The van der Waals surface area contributed by atoms with Crippen LogP contribution in [0, 0.1) is 5.82 Å². The third-order valence-corrected chi connectivity index (χ3v) is 2.40. The minimum Gasteiger partial charge on any atom is -0.481 e. The lowest BCUT2D eigenvalue weighted by Crippen LogP contribution is -1.98. The van der Waals surface area contributed by atoms with Crippen LogP contribution >= 0.6 is 0 Å². The Bertz CT molecular complexity index is 531. The minimum absolute atomic E-state index is 0.356. The second-order valence-corrected chi connectivity index (χ2v) is 3.41. The number of aromatic nitrogens is 3. The summed E-state index contributed by atoms with van der Waals surface area (Å²) in [7, 11) is 1.49. The van der Waals surface area contributed by atoms with Crippen molar-refractivity contribution in [2.45, 2.75) is 13.3 Å². The van der Waals surface area contributed by atoms with Gasteiger partial charge in [-0.2, -0.15) is 0 Å². The first-order chi connectivity index (χ1) is 8.26. The van der Waals surface area contributed by atoms with Crippen molar-refractivity contribution in [3.8, 4) is 17.1 Å². The maximum absolute atomic E-state index is 13.7. The van der Waals surface area contributed by atoms with Gasteiger partial charge in [0.15, 0.2) is 5.82 Å². The summed E-state index contributed by atoms with van der Waals surface area (Å²) in [6.07, 6.45) is 4.95. The van der Waals surface area contributed by atoms with E-state index < -0.39 is 5.82 Å². The molecule has 17 heavy (non-hydrogen) atoms. The molecule has 0 aliphatic heterocycles. The number of hydrogen-bond donors (Lipinski definition) is 0. The van der Waals surface area contributed by atoms with Crippen LogP contribution in [0.2, 0.25) is 0 Å². The van der Waals surface area contributed by atoms with Gasteiger partial charge < -0.3 is 4.74 Å². The van der Waals surface area contributed by atoms with Gasteiger partial charge in [0.05, 0.1) is 24.7 Å². The third kappa shape index (κ3) is 2.22. The maximum atomic E-state index is 13.7. The molecule has 5 heteroatoms. The minimum atomic E-state index is -0.430. The van der Waals surface area contributed by atoms with Gasteiger partial charge in [0.25, 0.3) is 0 Å². The number of ether oxygens (including phenoxy) is 1. The van der Waals surface area contributed by atoms with E-state index >= 15 is 0 Å². The Morgan fingerprint density at radius 1 is 1.24 bits per heavy atom. The molecule has 4 nitrogen and oxygen atoms in total. The van der Waals surface area contributed by atoms with E-state index in [2.05, 4.69) is 15.0 Å². The molecule has 0 aliphatic rings. The van der Waals surface area contributed by atoms with Crippen molar-refractivity contribution in [1.82, 2.24) is 15.0 Å². The molecule has 0 fully saturated rings. The van der Waals surface area contributed by atoms with Gasteiger partial charge in [0, 0.05) is 24.0 Å². The van der Waals surface area contributed by atoms with E-state index in [1.165, 1.54) is 13.2 Å². The van der Waals surface area contributed by atoms with Crippen LogP contribution in [0.3, 0.4) is 0 Å². The summed E-state index contributed by atoms with van der Waals surface area (Å²) >= 11 is 0. The SMILES string of the molecule is CCc1nccnc1-c1cc(OC)ncc1F. The molecule has 2 heterocycles. The predicted octanol–water partition coefficient (Wildman–Crippen LogP) is 2.25. The lowest BCUT2D eigenvalue weighted by molar-refractivity contribution is 0.396. The lowest BCUT2D eigenvalue weighted by Gasteiger charge is -2.07. The fourth-order valence-electron chi connectivity index (χ4n) is 1.56. The number of rotatable bonds is 3. The summed E-state index contributed by atoms with van der Waals surface area (Å²) in [5, 5.41) is 0. The number of pyridine rings is 1. The van der Waals surface area contributed by atoms with E-state index in [-0.39, 0.29) is 0 Å². The number of halogens is 1. The quantitative estimate of drug-likeness (QED) is 0.815. The van der Waals surface area contributed by atoms with Crippen LogP contribution in [0.1, 0.15) is 12.6 Å². The highest BCUT2D eigenvalue weighted by Crippen LogP contribution is 2.25. The van der Waals surface area contributed by atoms with Crippen molar-refractivity contribution < 1.29 is 9.13 Å². The molecule has 0 saturated heterocycles. The van der Waals surface area contributed by atoms with Gasteiger partial charge in [0.2, 0.25) is 5.88 Å². The predicted molar refractivity (Wildman–Crippen MR) is 61.2 cm³/mol. The monoisotopic (exact) mass is 233 g/mol. The molecular formula is C12H12FN3O. The fraction of sp³-hybridized carbons (Fsp3) is 0.250. The van der Waals surface area contributed by atoms with E-state index in [4.69, 9.17) is 4.74 Å². The summed E-state index contributed by atoms with van der Waals surface area (Å²) in [5.74, 6) is -0.0740. The van der Waals surface area contributed by atoms with Gasteiger partial charge in [-0.25, -0.2) is 9.37 Å². The highest BCUT2D eigenvalue weighted by atomic mass is 19.1. The Hall–Kier alpha value is -2.04. The van der Waals surface area contributed by atoms with E-state index in [9.17, 15) is 4.39 Å². The lowest BCUT2D eigenvalue weighted by atomic mass is 10.1. The van der Waals surface area contributed by atoms with Crippen LogP contribution < -0.4 is 4.74 Å². The van der Waals surface area contributed by atoms with Crippen molar-refractivity contribution in [2.75, 3.05) is 7.11 Å². The van der Waals surface area contributed by atoms with E-state index in [1.807, 2.05) is 6.92 Å². The molecule has 0 aliphatic carbocycles. The summed E-state index contributed by atoms with van der Waals surface area (Å²) in [5.41, 5.74) is 1.65. The Balaban J connectivity index is 2.59. The zero-order chi connectivity index (χ0) is 12.3. The molecule has 0 amide bonds. The van der Waals surface area contributed by atoms with Crippen molar-refractivity contribution >= 4 is 0 Å². The van der Waals surface area contributed by atoms with Gasteiger partial charge in [-0.15, -0.1) is 0 Å². The average molecular weight is 233 g/mol. The van der Waals surface area contributed by atoms with Crippen LogP contribution in [-0.2, 0) is 6.42 Å². The molecule has 0 bridgehead atoms. The van der Waals surface area contributed by atoms with Crippen molar-refractivity contribution in [3.05, 3.63) is 36.2 Å². The first-order valence-corrected chi connectivity index (χ1v) is 5.26. The Labute approximate surface area is 98.5 Å². The normalized spacial score (nSPS) is 10.3. The van der Waals surface area contributed by atoms with Crippen molar-refractivity contribution in [3.63, 3.8) is 0 Å². The summed E-state index contributed by atoms with van der Waals surface area (Å²) < 4.78 is 18.7. The number of aryl methyl sites for hydroxylation is 1. The standard InChI is InChI=1S/C12H12FN3O/c1-3-10-12(15-5-4-14-10)8-6-11(17-2)16-7-9(8)13/h4-7H,3H2,1-2H3. The molecule has 0 saturated carbocycles. The zero-order valence-electron chi connectivity index (χ0n) is 9.64. The molecule has 0 atom stereocenters. The van der Waals surface area contributed by atoms with Crippen LogP contribution in [0.15, 0.2) is 24.7 Å². The first kappa shape index (κ1) is 11.4. The summed E-state index contributed by atoms with van der Waals surface area (Å²) in [6.45, 7) is 1.95. The molecule has 2 rings (SSSR count). The fourth-order valence-corrected chi connectivity index (χ4v) is 1.56. The molecule has 88 valence electrons. The molecule has 0 unspecified atom stereocenters. The molecule has 0 N–H and O–H groups in total. The van der Waals surface area contributed by atoms with E-state index in [0.29, 0.717) is 23.6 Å². The van der Waals surface area contributed by atoms with Gasteiger partial charge >= 0.3 is 0 Å². The highest BCUT2D eigenvalue weighted by Gasteiger charge is 2.13. The van der Waals surface area contributed by atoms with Gasteiger partial charge in [-0.3, -0.25) is 9.97 Å². The molecule has 2 aromatic rings. The largest absolute Gasteiger partial charge is 0.481 e. The first-order valence-electron chi connectivity index (χ1n) is 5.26. The molecule has 0 spiro atoms. The highest BCUT2D eigenvalue weighted by molar-refractivity contribution is 5.62. The molecule has 0 radical (unpaired) electrons. The van der Waals surface area contributed by atoms with Crippen molar-refractivity contribution in [2.24, 2.45) is 0 Å². The summed E-state index contributed by atoms with van der Waals surface area (Å²) in [6, 6.07) is 1.53. The van der Waals surface area contributed by atoms with Gasteiger partial charge in [0.1, 0.15) is 0 Å². The van der Waals surface area contributed by atoms with E-state index in [1.54, 1.807) is 12.4 Å². The zero-order valence-corrected chi connectivity index (χ0v) is 9.64. The molecular weight excluding hydrogens is 221 g/mol. The number of methoxy groups -OCH3 is 1. The van der Waals surface area contributed by atoms with Crippen LogP contribution in [0.5, 0.6) is 5.88 Å². The number of hydrogen-bond acceptors (Lipinski definition) is 4. The van der Waals surface area contributed by atoms with Gasteiger partial charge in [-0.1, -0.05) is 6.92 Å². The summed E-state index contributed by atoms with van der Waals surface area (Å²) in [4.78, 5) is 12.1. The Kier molecular flexibility index (Phi) is 3.27. The third-order valence-electron chi connectivity index (χ3n) is 2.40. The second-order valence-electron chi connectivity index (χ2n) is 3.41. The van der Waals surface area contributed by atoms with E-state index in [0.717, 1.165) is 11.9 Å². The molecule has 2 aromatic heterocycles. The molecule has 0 aromatic carbocycles. The Morgan fingerprint density at radius 2 is 2.00 bits per heavy atom. The smallest absolute Gasteiger partial charge is 0.213 e. The van der Waals surface area contributed by atoms with Crippen LogP contribution in [0.25, 0.3) is 11.3 Å². The van der Waals surface area contributed by atoms with Gasteiger partial charge in [-0.05, 0) is 6.42 Å². The average Bonchev–Trinajstić information content (AvgIpc) is 2.39. The van der Waals surface area contributed by atoms with Crippen LogP contribution in [0.4, 0.5) is 4.39 Å².